The van der Waals surface area contributed by atoms with Crippen molar-refractivity contribution in [1.82, 2.24) is 29.1 Å². The maximum atomic E-state index is 13.8. The van der Waals surface area contributed by atoms with E-state index >= 15 is 0 Å². The van der Waals surface area contributed by atoms with E-state index in [4.69, 9.17) is 20.4 Å². The van der Waals surface area contributed by atoms with Gasteiger partial charge in [0.05, 0.1) is 33.9 Å². The summed E-state index contributed by atoms with van der Waals surface area (Å²) < 4.78 is 35.8. The number of nitrogens with zero attached hydrogens (tertiary/aromatic N) is 7. The molecule has 6 rings (SSSR count). The van der Waals surface area contributed by atoms with Crippen molar-refractivity contribution >= 4 is 43.3 Å². The summed E-state index contributed by atoms with van der Waals surface area (Å²) in [5.74, 6) is 1.48. The number of nitrogens with two attached hydrogens (primary N) is 1. The molecule has 2 fully saturated rings. The summed E-state index contributed by atoms with van der Waals surface area (Å²) in [6, 6.07) is 7.26. The number of benzene rings is 1. The molecule has 1 aromatic carbocycles. The van der Waals surface area contributed by atoms with E-state index in [1.807, 2.05) is 26.1 Å². The normalized spacial score (nSPS) is 17.6. The summed E-state index contributed by atoms with van der Waals surface area (Å²) in [6.07, 6.45) is 3.24. The summed E-state index contributed by atoms with van der Waals surface area (Å²) >= 11 is 1.53. The van der Waals surface area contributed by atoms with Gasteiger partial charge in [-0.25, -0.2) is 28.4 Å². The number of aromatic nitrogens is 4. The van der Waals surface area contributed by atoms with Crippen LogP contribution in [0.25, 0.3) is 32.0 Å². The second kappa shape index (κ2) is 10.4. The minimum absolute atomic E-state index is 0.181. The number of aryl methyl sites for hydroxylation is 1. The van der Waals surface area contributed by atoms with Crippen LogP contribution >= 0.6 is 11.3 Å². The number of thiophene rings is 1. The Morgan fingerprint density at radius 2 is 1.67 bits per heavy atom. The van der Waals surface area contributed by atoms with Crippen LogP contribution in [0, 0.1) is 6.92 Å². The molecule has 11 nitrogen and oxygen atoms in total. The van der Waals surface area contributed by atoms with Crippen LogP contribution in [0.2, 0.25) is 0 Å². The van der Waals surface area contributed by atoms with Gasteiger partial charge in [0.25, 0.3) is 0 Å². The molecule has 4 aromatic rings. The minimum atomic E-state index is -3.68. The van der Waals surface area contributed by atoms with Gasteiger partial charge >= 0.3 is 0 Å². The lowest BCUT2D eigenvalue weighted by molar-refractivity contribution is 0.122. The van der Waals surface area contributed by atoms with Gasteiger partial charge in [0.1, 0.15) is 0 Å². The van der Waals surface area contributed by atoms with Gasteiger partial charge in [-0.05, 0) is 25.6 Å². The number of hydrogen-bond acceptors (Lipinski definition) is 11. The number of fused-ring (bicyclic) bond motifs is 1. The lowest BCUT2D eigenvalue weighted by atomic mass is 10.1. The van der Waals surface area contributed by atoms with E-state index in [2.05, 4.69) is 19.8 Å². The van der Waals surface area contributed by atoms with Crippen LogP contribution in [0.15, 0.2) is 41.6 Å². The molecule has 0 aliphatic carbocycles. The van der Waals surface area contributed by atoms with Gasteiger partial charge in [-0.15, -0.1) is 11.3 Å². The highest BCUT2D eigenvalue weighted by atomic mass is 32.2. The zero-order valence-corrected chi connectivity index (χ0v) is 23.5. The maximum absolute atomic E-state index is 13.8. The molecule has 0 unspecified atom stereocenters. The van der Waals surface area contributed by atoms with Crippen molar-refractivity contribution in [3.05, 3.63) is 42.2 Å². The maximum Gasteiger partial charge on any atom is 0.243 e. The number of piperazine rings is 1. The van der Waals surface area contributed by atoms with Crippen molar-refractivity contribution in [3.63, 3.8) is 0 Å². The molecule has 0 bridgehead atoms. The summed E-state index contributed by atoms with van der Waals surface area (Å²) in [5, 5.41) is 0. The van der Waals surface area contributed by atoms with Gasteiger partial charge < -0.3 is 20.3 Å². The number of rotatable bonds is 5. The fourth-order valence-electron chi connectivity index (χ4n) is 4.95. The van der Waals surface area contributed by atoms with Crippen LogP contribution in [0.1, 0.15) is 5.56 Å². The molecular weight excluding hydrogens is 536 g/mol. The molecule has 2 aliphatic rings. The Morgan fingerprint density at radius 3 is 2.38 bits per heavy atom. The number of sulfonamides is 1. The highest BCUT2D eigenvalue weighted by Crippen LogP contribution is 2.44. The van der Waals surface area contributed by atoms with Gasteiger partial charge in [-0.3, -0.25) is 0 Å². The first kappa shape index (κ1) is 26.0. The third-order valence-corrected chi connectivity index (χ3v) is 10.5. The Bertz CT molecular complexity index is 1610. The molecule has 39 heavy (non-hydrogen) atoms. The van der Waals surface area contributed by atoms with Crippen LogP contribution < -0.4 is 10.6 Å². The summed E-state index contributed by atoms with van der Waals surface area (Å²) in [6.45, 7) is 6.96. The van der Waals surface area contributed by atoms with Crippen molar-refractivity contribution in [2.24, 2.45) is 0 Å². The molecule has 0 radical (unpaired) electrons. The van der Waals surface area contributed by atoms with Crippen molar-refractivity contribution < 1.29 is 13.2 Å². The predicted octanol–water partition coefficient (Wildman–Crippen LogP) is 2.48. The zero-order chi connectivity index (χ0) is 27.1. The van der Waals surface area contributed by atoms with Gasteiger partial charge in [-0.1, -0.05) is 18.2 Å². The SMILES string of the molecule is Cc1c(-c2ccccc2S(=O)(=O)N2CCN(C)CC2)sc2c(N3CCOCC3)nc(-c3cnc(N)nc3)nc12. The van der Waals surface area contributed by atoms with Gasteiger partial charge in [-0.2, -0.15) is 4.31 Å². The first-order chi connectivity index (χ1) is 18.8. The molecule has 2 N–H and O–H groups in total. The first-order valence-electron chi connectivity index (χ1n) is 12.8. The Balaban J connectivity index is 1.51. The largest absolute Gasteiger partial charge is 0.378 e. The third kappa shape index (κ3) is 4.85. The highest BCUT2D eigenvalue weighted by Gasteiger charge is 2.31. The van der Waals surface area contributed by atoms with Gasteiger partial charge in [0.2, 0.25) is 16.0 Å². The average Bonchev–Trinajstić information content (AvgIpc) is 3.29. The number of likely N-dealkylation sites (N-methyl/N-ethyl adjacent to an activating group) is 1. The number of anilines is 2. The Morgan fingerprint density at radius 1 is 0.974 bits per heavy atom. The van der Waals surface area contributed by atoms with Crippen molar-refractivity contribution in [3.8, 4) is 21.8 Å². The Labute approximate surface area is 231 Å². The molecule has 0 amide bonds. The quantitative estimate of drug-likeness (QED) is 0.384. The zero-order valence-electron chi connectivity index (χ0n) is 21.9. The Kier molecular flexibility index (Phi) is 6.93. The molecular formula is C26H30N8O3S2. The van der Waals surface area contributed by atoms with E-state index in [0.29, 0.717) is 74.3 Å². The summed E-state index contributed by atoms with van der Waals surface area (Å²) in [4.78, 5) is 23.6. The van der Waals surface area contributed by atoms with Crippen molar-refractivity contribution in [2.75, 3.05) is 70.2 Å². The van der Waals surface area contributed by atoms with Crippen LogP contribution in [0.3, 0.4) is 0 Å². The molecule has 204 valence electrons. The Hall–Kier alpha value is -3.23. The minimum Gasteiger partial charge on any atom is -0.378 e. The molecule has 2 saturated heterocycles. The van der Waals surface area contributed by atoms with E-state index < -0.39 is 10.0 Å². The monoisotopic (exact) mass is 566 g/mol. The van der Waals surface area contributed by atoms with Gasteiger partial charge in [0, 0.05) is 62.1 Å². The molecule has 0 atom stereocenters. The van der Waals surface area contributed by atoms with Crippen LogP contribution in [-0.2, 0) is 14.8 Å². The number of hydrogen-bond donors (Lipinski definition) is 1. The second-order valence-corrected chi connectivity index (χ2v) is 12.7. The number of nitrogen functional groups attached to an aromatic ring is 1. The van der Waals surface area contributed by atoms with Gasteiger partial charge in [0.15, 0.2) is 11.6 Å². The fraction of sp³-hybridized carbons (Fsp3) is 0.385. The average molecular weight is 567 g/mol. The van der Waals surface area contributed by atoms with Crippen LogP contribution in [0.4, 0.5) is 11.8 Å². The third-order valence-electron chi connectivity index (χ3n) is 7.20. The molecule has 0 spiro atoms. The lowest BCUT2D eigenvalue weighted by Crippen LogP contribution is -2.47. The number of ether oxygens (including phenoxy) is 1. The second-order valence-electron chi connectivity index (χ2n) is 9.74. The van der Waals surface area contributed by atoms with Crippen molar-refractivity contribution in [1.29, 1.82) is 0 Å². The van der Waals surface area contributed by atoms with E-state index in [1.54, 1.807) is 28.8 Å². The first-order valence-corrected chi connectivity index (χ1v) is 15.1. The molecule has 3 aromatic heterocycles. The van der Waals surface area contributed by atoms with E-state index in [9.17, 15) is 8.42 Å². The summed E-state index contributed by atoms with van der Waals surface area (Å²) in [5.41, 5.74) is 8.74. The number of morpholine rings is 1. The smallest absolute Gasteiger partial charge is 0.243 e. The van der Waals surface area contributed by atoms with E-state index in [-0.39, 0.29) is 5.95 Å². The van der Waals surface area contributed by atoms with E-state index in [0.717, 1.165) is 26.5 Å². The summed E-state index contributed by atoms with van der Waals surface area (Å²) in [7, 11) is -1.67. The fourth-order valence-corrected chi connectivity index (χ4v) is 7.94. The lowest BCUT2D eigenvalue weighted by Gasteiger charge is -2.32. The molecule has 13 heteroatoms. The molecule has 5 heterocycles. The van der Waals surface area contributed by atoms with Crippen LogP contribution in [0.5, 0.6) is 0 Å². The highest BCUT2D eigenvalue weighted by molar-refractivity contribution is 7.89. The molecule has 2 aliphatic heterocycles. The van der Waals surface area contributed by atoms with Crippen molar-refractivity contribution in [2.45, 2.75) is 11.8 Å². The van der Waals surface area contributed by atoms with E-state index in [1.165, 1.54) is 11.3 Å². The molecule has 0 saturated carbocycles. The topological polar surface area (TPSA) is 131 Å². The standard InChI is InChI=1S/C26H30N8O3S2/c1-17-21-23(25(33-11-13-37-14-12-33)31-24(30-21)18-15-28-26(27)29-16-18)38-22(17)19-5-3-4-6-20(19)39(35,36)34-9-7-32(2)8-10-34/h3-6,15-16H,7-14H2,1-2H3,(H2,27,28,29). The van der Waals surface area contributed by atoms with Crippen LogP contribution in [-0.4, -0.2) is 97.1 Å². The predicted molar refractivity (Wildman–Crippen MR) is 152 cm³/mol.